The first-order chi connectivity index (χ1) is 16.5. The lowest BCUT2D eigenvalue weighted by Crippen LogP contribution is -2.54. The first kappa shape index (κ1) is 25.2. The van der Waals surface area contributed by atoms with Crippen LogP contribution >= 0.6 is 0 Å². The molecule has 1 heterocycles. The molecule has 0 aromatic heterocycles. The molecule has 0 unspecified atom stereocenters. The maximum absolute atomic E-state index is 13.4. The van der Waals surface area contributed by atoms with Crippen LogP contribution in [0.4, 0.5) is 11.4 Å². The molecule has 1 fully saturated rings. The normalized spacial score (nSPS) is 17.9. The molecule has 1 aliphatic heterocycles. The topological polar surface area (TPSA) is 76.7 Å². The van der Waals surface area contributed by atoms with Crippen molar-refractivity contribution in [1.82, 2.24) is 0 Å². The van der Waals surface area contributed by atoms with E-state index in [4.69, 9.17) is 9.47 Å². The Bertz CT molecular complexity index is 1140. The van der Waals surface area contributed by atoms with E-state index < -0.39 is 23.2 Å². The van der Waals surface area contributed by atoms with Gasteiger partial charge in [0.25, 0.3) is 0 Å². The highest BCUT2D eigenvalue weighted by Gasteiger charge is 2.45. The molecule has 35 heavy (non-hydrogen) atoms. The summed E-state index contributed by atoms with van der Waals surface area (Å²) in [6.45, 7) is 11.8. The Morgan fingerprint density at radius 2 is 1.60 bits per heavy atom. The Labute approximate surface area is 208 Å². The van der Waals surface area contributed by atoms with Crippen molar-refractivity contribution in [3.8, 4) is 11.1 Å². The van der Waals surface area contributed by atoms with Gasteiger partial charge < -0.3 is 20.1 Å². The van der Waals surface area contributed by atoms with Gasteiger partial charge in [0, 0.05) is 5.56 Å². The molecule has 0 saturated heterocycles. The van der Waals surface area contributed by atoms with Gasteiger partial charge in [-0.05, 0) is 76.6 Å². The minimum Gasteiger partial charge on any atom is -0.467 e. The fourth-order valence-electron chi connectivity index (χ4n) is 5.48. The van der Waals surface area contributed by atoms with Crippen molar-refractivity contribution in [2.45, 2.75) is 90.9 Å². The predicted molar refractivity (Wildman–Crippen MR) is 140 cm³/mol. The number of esters is 1. The van der Waals surface area contributed by atoms with Crippen LogP contribution in [-0.4, -0.2) is 30.1 Å². The van der Waals surface area contributed by atoms with Gasteiger partial charge in [-0.1, -0.05) is 49.1 Å². The molecule has 188 valence electrons. The second-order valence-corrected chi connectivity index (χ2v) is 11.0. The summed E-state index contributed by atoms with van der Waals surface area (Å²) in [5, 5.41) is 6.90. The van der Waals surface area contributed by atoms with Crippen molar-refractivity contribution in [3.05, 3.63) is 46.5 Å². The molecule has 6 heteroatoms. The number of aryl methyl sites for hydroxylation is 1. The van der Waals surface area contributed by atoms with Crippen LogP contribution < -0.4 is 10.6 Å². The zero-order valence-electron chi connectivity index (χ0n) is 22.1. The molecular weight excluding hydrogens is 440 g/mol. The van der Waals surface area contributed by atoms with Crippen LogP contribution in [0, 0.1) is 20.8 Å². The molecule has 4 rings (SSSR count). The second kappa shape index (κ2) is 9.30. The van der Waals surface area contributed by atoms with Crippen molar-refractivity contribution >= 4 is 23.3 Å². The van der Waals surface area contributed by atoms with Gasteiger partial charge in [0.05, 0.1) is 24.1 Å². The second-order valence-electron chi connectivity index (χ2n) is 11.0. The van der Waals surface area contributed by atoms with E-state index in [1.165, 1.54) is 7.11 Å². The first-order valence-corrected chi connectivity index (χ1v) is 12.6. The SMILES string of the molecule is COC(=O)[C@@H](OC(C)(C)C)c1c(C)c2c(c(C)c1-c1ccc(C)cc1)NC1(CCCCC1)C(=O)N2. The lowest BCUT2D eigenvalue weighted by atomic mass is 9.77. The molecule has 6 nitrogen and oxygen atoms in total. The summed E-state index contributed by atoms with van der Waals surface area (Å²) in [6, 6.07) is 8.30. The van der Waals surface area contributed by atoms with Gasteiger partial charge in [0.15, 0.2) is 6.10 Å². The number of hydrogen-bond acceptors (Lipinski definition) is 5. The summed E-state index contributed by atoms with van der Waals surface area (Å²) in [6.07, 6.45) is 3.90. The van der Waals surface area contributed by atoms with Gasteiger partial charge >= 0.3 is 5.97 Å². The Hall–Kier alpha value is -2.86. The van der Waals surface area contributed by atoms with Gasteiger partial charge in [-0.2, -0.15) is 0 Å². The molecule has 0 radical (unpaired) electrons. The molecule has 1 atom stereocenters. The highest BCUT2D eigenvalue weighted by atomic mass is 16.6. The molecule has 2 aromatic carbocycles. The summed E-state index contributed by atoms with van der Waals surface area (Å²) in [7, 11) is 1.38. The fraction of sp³-hybridized carbons (Fsp3) is 0.517. The largest absolute Gasteiger partial charge is 0.467 e. The van der Waals surface area contributed by atoms with Gasteiger partial charge in [-0.3, -0.25) is 4.79 Å². The van der Waals surface area contributed by atoms with Crippen molar-refractivity contribution in [2.24, 2.45) is 0 Å². The molecule has 2 aromatic rings. The highest BCUT2D eigenvalue weighted by Crippen LogP contribution is 2.49. The number of rotatable bonds is 4. The Morgan fingerprint density at radius 1 is 0.971 bits per heavy atom. The van der Waals surface area contributed by atoms with Crippen molar-refractivity contribution in [3.63, 3.8) is 0 Å². The lowest BCUT2D eigenvalue weighted by molar-refractivity contribution is -0.164. The molecule has 0 bridgehead atoms. The number of carbonyl (C=O) groups excluding carboxylic acids is 2. The number of anilines is 2. The van der Waals surface area contributed by atoms with Gasteiger partial charge in [0.1, 0.15) is 5.54 Å². The average molecular weight is 479 g/mol. The van der Waals surface area contributed by atoms with E-state index in [0.717, 1.165) is 76.9 Å². The quantitative estimate of drug-likeness (QED) is 0.499. The van der Waals surface area contributed by atoms with E-state index in [1.807, 2.05) is 27.7 Å². The van der Waals surface area contributed by atoms with Crippen molar-refractivity contribution < 1.29 is 19.1 Å². The smallest absolute Gasteiger partial charge is 0.339 e. The first-order valence-electron chi connectivity index (χ1n) is 12.6. The third-order valence-corrected chi connectivity index (χ3v) is 7.28. The Balaban J connectivity index is 2.00. The number of fused-ring (bicyclic) bond motifs is 1. The molecule has 1 saturated carbocycles. The van der Waals surface area contributed by atoms with E-state index >= 15 is 0 Å². The summed E-state index contributed by atoms with van der Waals surface area (Å²) in [5.74, 6) is -0.456. The molecule has 2 N–H and O–H groups in total. The maximum Gasteiger partial charge on any atom is 0.339 e. The molecule has 1 amide bonds. The third kappa shape index (κ3) is 4.68. The van der Waals surface area contributed by atoms with Crippen LogP contribution in [0.15, 0.2) is 24.3 Å². The van der Waals surface area contributed by atoms with E-state index in [0.29, 0.717) is 0 Å². The minimum atomic E-state index is -0.942. The highest BCUT2D eigenvalue weighted by molar-refractivity contribution is 6.09. The van der Waals surface area contributed by atoms with Crippen LogP contribution in [-0.2, 0) is 19.1 Å². The van der Waals surface area contributed by atoms with Crippen LogP contribution in [0.1, 0.15) is 81.2 Å². The number of carbonyl (C=O) groups is 2. The van der Waals surface area contributed by atoms with Crippen LogP contribution in [0.3, 0.4) is 0 Å². The number of ether oxygens (including phenoxy) is 2. The molecular formula is C29H38N2O4. The van der Waals surface area contributed by atoms with Crippen molar-refractivity contribution in [1.29, 1.82) is 0 Å². The van der Waals surface area contributed by atoms with Crippen molar-refractivity contribution in [2.75, 3.05) is 17.7 Å². The fourth-order valence-corrected chi connectivity index (χ4v) is 5.48. The van der Waals surface area contributed by atoms with E-state index in [1.54, 1.807) is 0 Å². The number of benzene rings is 2. The van der Waals surface area contributed by atoms with Crippen LogP contribution in [0.5, 0.6) is 0 Å². The van der Waals surface area contributed by atoms with Crippen LogP contribution in [0.25, 0.3) is 11.1 Å². The number of hydrogen-bond donors (Lipinski definition) is 2. The predicted octanol–water partition coefficient (Wildman–Crippen LogP) is 6.37. The average Bonchev–Trinajstić information content (AvgIpc) is 2.81. The molecule has 1 aliphatic carbocycles. The minimum absolute atomic E-state index is 0.00703. The summed E-state index contributed by atoms with van der Waals surface area (Å²) >= 11 is 0. The standard InChI is InChI=1S/C29H38N2O4/c1-17-11-13-20(14-12-17)21-18(2)24-23(30-27(33)29(31-24)15-9-8-10-16-29)19(3)22(21)25(26(32)34-7)35-28(4,5)6/h11-14,25,31H,8-10,15-16H2,1-7H3,(H,30,33)/t25-/m0/s1. The summed E-state index contributed by atoms with van der Waals surface area (Å²) < 4.78 is 11.5. The number of methoxy groups -OCH3 is 1. The van der Waals surface area contributed by atoms with E-state index in [9.17, 15) is 9.59 Å². The van der Waals surface area contributed by atoms with Crippen LogP contribution in [0.2, 0.25) is 0 Å². The zero-order valence-corrected chi connectivity index (χ0v) is 22.1. The third-order valence-electron chi connectivity index (χ3n) is 7.28. The van der Waals surface area contributed by atoms with Gasteiger partial charge in [-0.15, -0.1) is 0 Å². The Kier molecular flexibility index (Phi) is 6.71. The van der Waals surface area contributed by atoms with Gasteiger partial charge in [-0.25, -0.2) is 4.79 Å². The maximum atomic E-state index is 13.4. The van der Waals surface area contributed by atoms with E-state index in [-0.39, 0.29) is 5.91 Å². The molecule has 2 aliphatic rings. The molecule has 1 spiro atoms. The summed E-state index contributed by atoms with van der Waals surface area (Å²) in [4.78, 5) is 26.5. The van der Waals surface area contributed by atoms with E-state index in [2.05, 4.69) is 48.7 Å². The number of amides is 1. The monoisotopic (exact) mass is 478 g/mol. The zero-order chi connectivity index (χ0) is 25.5. The number of nitrogens with one attached hydrogen (secondary N) is 2. The lowest BCUT2D eigenvalue weighted by Gasteiger charge is -2.43. The Morgan fingerprint density at radius 3 is 2.17 bits per heavy atom. The van der Waals surface area contributed by atoms with Gasteiger partial charge in [0.2, 0.25) is 5.91 Å². The summed E-state index contributed by atoms with van der Waals surface area (Å²) in [5.41, 5.74) is 6.10.